The second-order valence-electron chi connectivity index (χ2n) is 16.6. The van der Waals surface area contributed by atoms with Crippen molar-refractivity contribution in [2.45, 2.75) is 81.6 Å². The minimum Gasteiger partial charge on any atom is -0.325 e. The van der Waals surface area contributed by atoms with Crippen molar-refractivity contribution in [1.29, 1.82) is 0 Å². The van der Waals surface area contributed by atoms with Crippen LogP contribution < -0.4 is 10.6 Å². The van der Waals surface area contributed by atoms with Crippen LogP contribution in [-0.2, 0) is 11.3 Å². The zero-order valence-corrected chi connectivity index (χ0v) is 33.1. The Kier molecular flexibility index (Phi) is 9.05. The maximum Gasteiger partial charge on any atom is 0.255 e. The molecule has 0 spiro atoms. The van der Waals surface area contributed by atoms with E-state index in [0.29, 0.717) is 34.8 Å². The number of anilines is 2. The van der Waals surface area contributed by atoms with Crippen LogP contribution in [0.5, 0.6) is 0 Å². The second-order valence-corrected chi connectivity index (χ2v) is 16.6. The molecule has 0 unspecified atom stereocenters. The highest BCUT2D eigenvalue weighted by Crippen LogP contribution is 2.46. The van der Waals surface area contributed by atoms with E-state index >= 15 is 0 Å². The third kappa shape index (κ3) is 7.68. The average molecular weight is 793 g/mol. The number of amides is 2. The molecule has 12 nitrogen and oxygen atoms in total. The van der Waals surface area contributed by atoms with E-state index in [4.69, 9.17) is 10.2 Å². The summed E-state index contributed by atoms with van der Waals surface area (Å²) in [5.41, 5.74) is 12.7. The first-order valence-corrected chi connectivity index (χ1v) is 21.1. The molecule has 60 heavy (non-hydrogen) atoms. The fourth-order valence-corrected chi connectivity index (χ4v) is 7.91. The van der Waals surface area contributed by atoms with E-state index < -0.39 is 0 Å². The number of hydrogen-bond donors (Lipinski definition) is 2. The van der Waals surface area contributed by atoms with E-state index in [9.17, 15) is 9.59 Å². The molecule has 0 atom stereocenters. The van der Waals surface area contributed by atoms with Gasteiger partial charge in [-0.1, -0.05) is 12.1 Å². The molecular weight excluding hydrogens is 749 g/mol. The van der Waals surface area contributed by atoms with Crippen molar-refractivity contribution < 1.29 is 9.59 Å². The summed E-state index contributed by atoms with van der Waals surface area (Å²) < 4.78 is 6.07. The van der Waals surface area contributed by atoms with Crippen LogP contribution in [0.3, 0.4) is 0 Å². The van der Waals surface area contributed by atoms with Crippen molar-refractivity contribution in [3.63, 3.8) is 0 Å². The molecule has 0 radical (unpaired) electrons. The quantitative estimate of drug-likeness (QED) is 0.133. The first-order chi connectivity index (χ1) is 29.5. The van der Waals surface area contributed by atoms with Crippen LogP contribution in [0.4, 0.5) is 11.4 Å². The average Bonchev–Trinajstić information content (AvgIpc) is 4.06. The van der Waals surface area contributed by atoms with Gasteiger partial charge in [-0.2, -0.15) is 10.2 Å². The lowest BCUT2D eigenvalue weighted by Crippen LogP contribution is -2.18. The Morgan fingerprint density at radius 1 is 0.550 bits per heavy atom. The molecule has 0 aliphatic heterocycles. The van der Waals surface area contributed by atoms with Crippen LogP contribution in [0.15, 0.2) is 122 Å². The summed E-state index contributed by atoms with van der Waals surface area (Å²) in [4.78, 5) is 38.1. The van der Waals surface area contributed by atoms with Gasteiger partial charge in [0.25, 0.3) is 5.91 Å². The van der Waals surface area contributed by atoms with E-state index in [1.54, 1.807) is 30.9 Å². The maximum atomic E-state index is 12.7. The number of carbonyl (C=O) groups excluding carboxylic acids is 2. The Labute approximate surface area is 346 Å². The SMILES string of the molecule is O=C(Cn1cnc2ccccc21)Nc1ccc(-n2nc(C3CC3)cc2C2CC2)cc1.O=C(Nc1ccc(-n2nc(C3CC3)cc2C2CC2)cc1)c1ccc2nccnc2c1. The van der Waals surface area contributed by atoms with Crippen molar-refractivity contribution in [2.24, 2.45) is 0 Å². The van der Waals surface area contributed by atoms with Gasteiger partial charge in [0.2, 0.25) is 5.91 Å². The number of fused-ring (bicyclic) bond motifs is 2. The number of benzene rings is 4. The summed E-state index contributed by atoms with van der Waals surface area (Å²) in [6.07, 6.45) is 15.0. The smallest absolute Gasteiger partial charge is 0.255 e. The summed E-state index contributed by atoms with van der Waals surface area (Å²) in [5.74, 6) is 2.36. The topological polar surface area (TPSA) is 137 Å². The Balaban J connectivity index is 0.000000136. The molecule has 12 rings (SSSR count). The fourth-order valence-electron chi connectivity index (χ4n) is 7.91. The molecule has 0 bridgehead atoms. The largest absolute Gasteiger partial charge is 0.325 e. The van der Waals surface area contributed by atoms with Gasteiger partial charge >= 0.3 is 0 Å². The number of nitrogens with one attached hydrogen (secondary N) is 2. The van der Waals surface area contributed by atoms with Crippen molar-refractivity contribution >= 4 is 45.3 Å². The first kappa shape index (κ1) is 36.2. The van der Waals surface area contributed by atoms with Crippen LogP contribution in [0.1, 0.15) is 108 Å². The Morgan fingerprint density at radius 2 is 1.10 bits per heavy atom. The lowest BCUT2D eigenvalue weighted by atomic mass is 10.1. The third-order valence-corrected chi connectivity index (χ3v) is 11.8. The molecule has 4 heterocycles. The second kappa shape index (κ2) is 15.0. The van der Waals surface area contributed by atoms with Crippen LogP contribution >= 0.6 is 0 Å². The van der Waals surface area contributed by atoms with Gasteiger partial charge in [0.05, 0.1) is 51.2 Å². The van der Waals surface area contributed by atoms with Crippen molar-refractivity contribution in [3.8, 4) is 11.4 Å². The van der Waals surface area contributed by atoms with Gasteiger partial charge in [0.15, 0.2) is 0 Å². The number of imidazole rings is 1. The molecule has 4 fully saturated rings. The number of aromatic nitrogens is 8. The van der Waals surface area contributed by atoms with Crippen LogP contribution in [0.25, 0.3) is 33.4 Å². The molecular formula is C48H44N10O2. The predicted octanol–water partition coefficient (Wildman–Crippen LogP) is 9.44. The van der Waals surface area contributed by atoms with Gasteiger partial charge in [-0.25, -0.2) is 14.3 Å². The monoisotopic (exact) mass is 792 g/mol. The Morgan fingerprint density at radius 3 is 1.68 bits per heavy atom. The molecule has 2 amide bonds. The molecule has 2 N–H and O–H groups in total. The van der Waals surface area contributed by atoms with E-state index in [0.717, 1.165) is 39.3 Å². The number of hydrogen-bond acceptors (Lipinski definition) is 7. The summed E-state index contributed by atoms with van der Waals surface area (Å²) in [7, 11) is 0. The molecule has 8 aromatic rings. The molecule has 4 aromatic heterocycles. The zero-order chi connectivity index (χ0) is 40.2. The van der Waals surface area contributed by atoms with E-state index in [-0.39, 0.29) is 18.4 Å². The molecule has 12 heteroatoms. The van der Waals surface area contributed by atoms with Crippen molar-refractivity contribution in [2.75, 3.05) is 10.6 Å². The zero-order valence-electron chi connectivity index (χ0n) is 33.1. The van der Waals surface area contributed by atoms with Gasteiger partial charge in [0, 0.05) is 64.4 Å². The van der Waals surface area contributed by atoms with E-state index in [2.05, 4.69) is 47.1 Å². The van der Waals surface area contributed by atoms with E-state index in [1.807, 2.05) is 83.4 Å². The molecule has 0 saturated heterocycles. The van der Waals surface area contributed by atoms with Gasteiger partial charge in [-0.3, -0.25) is 19.6 Å². The number of carbonyl (C=O) groups is 2. The summed E-state index contributed by atoms with van der Waals surface area (Å²) in [5, 5.41) is 15.7. The highest BCUT2D eigenvalue weighted by Gasteiger charge is 2.34. The third-order valence-electron chi connectivity index (χ3n) is 11.8. The van der Waals surface area contributed by atoms with Crippen molar-refractivity contribution in [1.82, 2.24) is 39.1 Å². The van der Waals surface area contributed by atoms with Gasteiger partial charge < -0.3 is 15.2 Å². The van der Waals surface area contributed by atoms with Crippen LogP contribution in [-0.4, -0.2) is 50.9 Å². The predicted molar refractivity (Wildman–Crippen MR) is 231 cm³/mol. The van der Waals surface area contributed by atoms with Crippen molar-refractivity contribution in [3.05, 3.63) is 150 Å². The Hall–Kier alpha value is -6.95. The van der Waals surface area contributed by atoms with Gasteiger partial charge in [-0.05, 0) is 142 Å². The Bertz CT molecular complexity index is 2880. The number of nitrogens with zero attached hydrogens (tertiary/aromatic N) is 8. The summed E-state index contributed by atoms with van der Waals surface area (Å²) >= 11 is 0. The van der Waals surface area contributed by atoms with E-state index in [1.165, 1.54) is 74.1 Å². The first-order valence-electron chi connectivity index (χ1n) is 21.1. The fraction of sp³-hybridized carbons (Fsp3) is 0.271. The molecule has 4 saturated carbocycles. The van der Waals surface area contributed by atoms with Gasteiger partial charge in [0.1, 0.15) is 6.54 Å². The standard InChI is InChI=1S/C24H21N5O.C24H23N5O/c30-24(17-5-10-20-22(13-17)26-12-11-25-20)27-18-6-8-19(9-7-18)29-23(16-3-4-16)14-21(28-29)15-1-2-15;30-24(14-28-15-25-20-3-1-2-4-22(20)28)26-18-9-11-19(12-10-18)29-23(17-7-8-17)13-21(27-29)16-5-6-16/h5-16H,1-4H2,(H,27,30);1-4,9-13,15-17H,5-8,14H2,(H,26,30). The van der Waals surface area contributed by atoms with Crippen LogP contribution in [0.2, 0.25) is 0 Å². The normalized spacial score (nSPS) is 16.1. The summed E-state index contributed by atoms with van der Waals surface area (Å²) in [6.45, 7) is 0.234. The molecule has 4 aromatic carbocycles. The number of rotatable bonds is 11. The lowest BCUT2D eigenvalue weighted by Gasteiger charge is -2.10. The molecule has 4 aliphatic rings. The maximum absolute atomic E-state index is 12.7. The molecule has 4 aliphatic carbocycles. The highest BCUT2D eigenvalue weighted by atomic mass is 16.2. The lowest BCUT2D eigenvalue weighted by molar-refractivity contribution is -0.116. The minimum absolute atomic E-state index is 0.0697. The summed E-state index contributed by atoms with van der Waals surface area (Å²) in [6, 6.07) is 33.7. The molecule has 298 valence electrons. The highest BCUT2D eigenvalue weighted by molar-refractivity contribution is 6.05. The number of para-hydroxylation sites is 2. The minimum atomic E-state index is -0.163. The van der Waals surface area contributed by atoms with Gasteiger partial charge in [-0.15, -0.1) is 0 Å². The van der Waals surface area contributed by atoms with Crippen LogP contribution in [0, 0.1) is 0 Å².